The lowest BCUT2D eigenvalue weighted by molar-refractivity contribution is 0.388. The number of halogens is 1. The maximum absolute atomic E-state index is 5.75. The second kappa shape index (κ2) is 6.38. The zero-order valence-corrected chi connectivity index (χ0v) is 10.2. The first-order chi connectivity index (χ1) is 6.74. The van der Waals surface area contributed by atoms with Gasteiger partial charge < -0.3 is 5.32 Å². The summed E-state index contributed by atoms with van der Waals surface area (Å²) in [6, 6.07) is 0.497. The molecule has 0 saturated carbocycles. The van der Waals surface area contributed by atoms with E-state index in [4.69, 9.17) is 11.6 Å². The highest BCUT2D eigenvalue weighted by Crippen LogP contribution is 2.09. The Bertz CT molecular complexity index is 236. The van der Waals surface area contributed by atoms with E-state index in [2.05, 4.69) is 24.1 Å². The highest BCUT2D eigenvalue weighted by Gasteiger charge is 2.11. The van der Waals surface area contributed by atoms with Crippen LogP contribution in [0.3, 0.4) is 0 Å². The Kier molecular flexibility index (Phi) is 5.45. The molecule has 1 aromatic rings. The Hall–Kier alpha value is -0.120. The molecular weight excluding hydrogens is 216 g/mol. The van der Waals surface area contributed by atoms with Crippen LogP contribution in [0.1, 0.15) is 25.3 Å². The maximum atomic E-state index is 5.75. The summed E-state index contributed by atoms with van der Waals surface area (Å²) in [7, 11) is 0. The van der Waals surface area contributed by atoms with Crippen LogP contribution in [0.4, 0.5) is 0 Å². The molecule has 0 fully saturated rings. The molecule has 4 heteroatoms. The van der Waals surface area contributed by atoms with Crippen LogP contribution in [0.5, 0.6) is 0 Å². The zero-order chi connectivity index (χ0) is 10.4. The van der Waals surface area contributed by atoms with E-state index < -0.39 is 0 Å². The van der Waals surface area contributed by atoms with Crippen molar-refractivity contribution in [3.8, 4) is 0 Å². The minimum absolute atomic E-state index is 0.497. The summed E-state index contributed by atoms with van der Waals surface area (Å²) in [5.41, 5.74) is 0. The van der Waals surface area contributed by atoms with E-state index in [-0.39, 0.29) is 0 Å². The van der Waals surface area contributed by atoms with Crippen LogP contribution in [0.25, 0.3) is 0 Å². The Morgan fingerprint density at radius 3 is 2.86 bits per heavy atom. The molecule has 14 heavy (non-hydrogen) atoms. The first-order valence-electron chi connectivity index (χ1n) is 4.91. The molecule has 1 heterocycles. The molecule has 1 N–H and O–H groups in total. The van der Waals surface area contributed by atoms with Crippen molar-refractivity contribution < 1.29 is 0 Å². The molecule has 0 aliphatic heterocycles. The van der Waals surface area contributed by atoms with Crippen molar-refractivity contribution in [1.29, 1.82) is 0 Å². The van der Waals surface area contributed by atoms with Gasteiger partial charge in [-0.1, -0.05) is 13.8 Å². The Morgan fingerprint density at radius 1 is 1.57 bits per heavy atom. The van der Waals surface area contributed by atoms with Crippen LogP contribution in [0.2, 0.25) is 0 Å². The summed E-state index contributed by atoms with van der Waals surface area (Å²) in [4.78, 5) is 4.23. The molecule has 0 amide bonds. The normalized spacial score (nSPS) is 13.4. The van der Waals surface area contributed by atoms with Crippen LogP contribution < -0.4 is 5.32 Å². The number of aromatic nitrogens is 1. The standard InChI is InChI=1S/C10H17ClN2S/c1-8(2)9(3-4-11)13-7-10-12-5-6-14-10/h5-6,8-9,13H,3-4,7H2,1-2H3. The SMILES string of the molecule is CC(C)C(CCCl)NCc1nccs1. The first kappa shape index (κ1) is 12.0. The van der Waals surface area contributed by atoms with Gasteiger partial charge in [0.15, 0.2) is 0 Å². The number of hydrogen-bond donors (Lipinski definition) is 1. The molecule has 0 saturated heterocycles. The van der Waals surface area contributed by atoms with Crippen LogP contribution in [0, 0.1) is 5.92 Å². The molecule has 0 bridgehead atoms. The van der Waals surface area contributed by atoms with E-state index in [1.54, 1.807) is 11.3 Å². The van der Waals surface area contributed by atoms with Gasteiger partial charge in [0.05, 0.1) is 0 Å². The van der Waals surface area contributed by atoms with Gasteiger partial charge in [-0.2, -0.15) is 0 Å². The minimum atomic E-state index is 0.497. The molecule has 1 atom stereocenters. The van der Waals surface area contributed by atoms with Crippen LogP contribution >= 0.6 is 22.9 Å². The van der Waals surface area contributed by atoms with Gasteiger partial charge in [-0.15, -0.1) is 22.9 Å². The van der Waals surface area contributed by atoms with E-state index in [1.807, 2.05) is 11.6 Å². The van der Waals surface area contributed by atoms with Gasteiger partial charge in [0, 0.05) is 30.0 Å². The minimum Gasteiger partial charge on any atom is -0.307 e. The van der Waals surface area contributed by atoms with E-state index in [0.29, 0.717) is 17.8 Å². The second-order valence-electron chi connectivity index (χ2n) is 3.63. The average molecular weight is 233 g/mol. The molecular formula is C10H17ClN2S. The molecule has 0 aliphatic rings. The van der Waals surface area contributed by atoms with Crippen LogP contribution in [-0.2, 0) is 6.54 Å². The fourth-order valence-corrected chi connectivity index (χ4v) is 2.15. The molecule has 0 spiro atoms. The van der Waals surface area contributed by atoms with Gasteiger partial charge >= 0.3 is 0 Å². The van der Waals surface area contributed by atoms with Crippen molar-refractivity contribution >= 4 is 22.9 Å². The lowest BCUT2D eigenvalue weighted by Crippen LogP contribution is -2.33. The average Bonchev–Trinajstić information content (AvgIpc) is 2.64. The molecule has 80 valence electrons. The summed E-state index contributed by atoms with van der Waals surface area (Å²) in [6.45, 7) is 5.29. The number of alkyl halides is 1. The number of nitrogens with zero attached hydrogens (tertiary/aromatic N) is 1. The van der Waals surface area contributed by atoms with Crippen molar-refractivity contribution in [3.05, 3.63) is 16.6 Å². The Labute approximate surface area is 94.7 Å². The molecule has 0 aromatic carbocycles. The highest BCUT2D eigenvalue weighted by molar-refractivity contribution is 7.09. The van der Waals surface area contributed by atoms with E-state index in [9.17, 15) is 0 Å². The summed E-state index contributed by atoms with van der Waals surface area (Å²) in [5.74, 6) is 1.34. The number of thiazole rings is 1. The second-order valence-corrected chi connectivity index (χ2v) is 4.99. The molecule has 2 nitrogen and oxygen atoms in total. The Balaban J connectivity index is 2.33. The van der Waals surface area contributed by atoms with Crippen molar-refractivity contribution in [3.63, 3.8) is 0 Å². The van der Waals surface area contributed by atoms with Crippen molar-refractivity contribution in [2.75, 3.05) is 5.88 Å². The predicted molar refractivity (Wildman–Crippen MR) is 62.9 cm³/mol. The summed E-state index contributed by atoms with van der Waals surface area (Å²) >= 11 is 7.44. The Morgan fingerprint density at radius 2 is 2.36 bits per heavy atom. The van der Waals surface area contributed by atoms with Crippen molar-refractivity contribution in [1.82, 2.24) is 10.3 Å². The van der Waals surface area contributed by atoms with Gasteiger partial charge in [0.25, 0.3) is 0 Å². The van der Waals surface area contributed by atoms with Gasteiger partial charge in [-0.3, -0.25) is 0 Å². The first-order valence-corrected chi connectivity index (χ1v) is 6.33. The third-order valence-electron chi connectivity index (χ3n) is 2.22. The fraction of sp³-hybridized carbons (Fsp3) is 0.700. The molecule has 1 unspecified atom stereocenters. The van der Waals surface area contributed by atoms with Crippen LogP contribution in [-0.4, -0.2) is 16.9 Å². The third kappa shape index (κ3) is 3.95. The van der Waals surface area contributed by atoms with Crippen LogP contribution in [0.15, 0.2) is 11.6 Å². The topological polar surface area (TPSA) is 24.9 Å². The van der Waals surface area contributed by atoms with Gasteiger partial charge in [0.2, 0.25) is 0 Å². The molecule has 0 aliphatic carbocycles. The number of nitrogens with one attached hydrogen (secondary N) is 1. The van der Waals surface area contributed by atoms with E-state index in [0.717, 1.165) is 18.0 Å². The lowest BCUT2D eigenvalue weighted by atomic mass is 10.0. The number of rotatable bonds is 6. The maximum Gasteiger partial charge on any atom is 0.106 e. The summed E-state index contributed by atoms with van der Waals surface area (Å²) < 4.78 is 0. The largest absolute Gasteiger partial charge is 0.307 e. The molecule has 0 radical (unpaired) electrons. The van der Waals surface area contributed by atoms with Gasteiger partial charge in [0.1, 0.15) is 5.01 Å². The van der Waals surface area contributed by atoms with E-state index >= 15 is 0 Å². The van der Waals surface area contributed by atoms with Gasteiger partial charge in [-0.05, 0) is 12.3 Å². The fourth-order valence-electron chi connectivity index (χ4n) is 1.35. The zero-order valence-electron chi connectivity index (χ0n) is 8.66. The number of hydrogen-bond acceptors (Lipinski definition) is 3. The molecule has 1 aromatic heterocycles. The highest BCUT2D eigenvalue weighted by atomic mass is 35.5. The van der Waals surface area contributed by atoms with Crippen molar-refractivity contribution in [2.24, 2.45) is 5.92 Å². The monoisotopic (exact) mass is 232 g/mol. The van der Waals surface area contributed by atoms with E-state index in [1.165, 1.54) is 0 Å². The third-order valence-corrected chi connectivity index (χ3v) is 3.22. The summed E-state index contributed by atoms with van der Waals surface area (Å²) in [6.07, 6.45) is 2.86. The summed E-state index contributed by atoms with van der Waals surface area (Å²) in [5, 5.41) is 6.63. The molecule has 1 rings (SSSR count). The van der Waals surface area contributed by atoms with Gasteiger partial charge in [-0.25, -0.2) is 4.98 Å². The quantitative estimate of drug-likeness (QED) is 0.763. The smallest absolute Gasteiger partial charge is 0.106 e. The lowest BCUT2D eigenvalue weighted by Gasteiger charge is -2.20. The predicted octanol–water partition coefficient (Wildman–Crippen LogP) is 2.89. The van der Waals surface area contributed by atoms with Crippen molar-refractivity contribution in [2.45, 2.75) is 32.9 Å².